The Kier molecular flexibility index (Phi) is 5.17. The lowest BCUT2D eigenvalue weighted by atomic mass is 10.2. The van der Waals surface area contributed by atoms with Crippen LogP contribution in [0.2, 0.25) is 5.02 Å². The van der Waals surface area contributed by atoms with Crippen molar-refractivity contribution in [3.8, 4) is 0 Å². The van der Waals surface area contributed by atoms with E-state index >= 15 is 0 Å². The monoisotopic (exact) mass is 315 g/mol. The molecule has 2 aromatic carbocycles. The van der Waals surface area contributed by atoms with E-state index in [2.05, 4.69) is 10.3 Å². The summed E-state index contributed by atoms with van der Waals surface area (Å²) in [5, 5.41) is 3.39. The smallest absolute Gasteiger partial charge is 0.255 e. The van der Waals surface area contributed by atoms with Crippen molar-refractivity contribution in [3.63, 3.8) is 0 Å². The molecule has 0 heterocycles. The maximum absolute atomic E-state index is 12.1. The van der Waals surface area contributed by atoms with E-state index < -0.39 is 0 Å². The second-order valence-corrected chi connectivity index (χ2v) is 5.28. The van der Waals surface area contributed by atoms with Gasteiger partial charge in [0.1, 0.15) is 0 Å². The van der Waals surface area contributed by atoms with Crippen molar-refractivity contribution in [1.82, 2.24) is 0 Å². The van der Waals surface area contributed by atoms with Crippen LogP contribution < -0.4 is 10.2 Å². The number of benzene rings is 2. The van der Waals surface area contributed by atoms with E-state index in [1.54, 1.807) is 31.3 Å². The number of hydrogen-bond acceptors (Lipinski definition) is 2. The Morgan fingerprint density at radius 2 is 1.86 bits per heavy atom. The molecule has 0 aromatic heterocycles. The summed E-state index contributed by atoms with van der Waals surface area (Å²) in [5.74, 6) is 0.727. The zero-order chi connectivity index (χ0) is 16.1. The predicted molar refractivity (Wildman–Crippen MR) is 93.3 cm³/mol. The van der Waals surface area contributed by atoms with Gasteiger partial charge in [0.25, 0.3) is 5.91 Å². The molecule has 22 heavy (non-hydrogen) atoms. The average Bonchev–Trinajstić information content (AvgIpc) is 2.54. The number of nitrogens with zero attached hydrogens (tertiary/aromatic N) is 2. The molecule has 2 rings (SSSR count). The van der Waals surface area contributed by atoms with Crippen molar-refractivity contribution >= 4 is 34.7 Å². The second-order valence-electron chi connectivity index (χ2n) is 4.84. The number of rotatable bonds is 3. The Morgan fingerprint density at radius 3 is 2.45 bits per heavy atom. The highest BCUT2D eigenvalue weighted by molar-refractivity contribution is 6.31. The average molecular weight is 316 g/mol. The van der Waals surface area contributed by atoms with Crippen LogP contribution >= 0.6 is 11.6 Å². The van der Waals surface area contributed by atoms with Crippen molar-refractivity contribution in [3.05, 3.63) is 59.1 Å². The SMILES string of the molecule is CN=C(C)N(C)c1ccc(NC(=O)c2cccc(Cl)c2)cc1. The topological polar surface area (TPSA) is 44.7 Å². The lowest BCUT2D eigenvalue weighted by Gasteiger charge is -2.18. The van der Waals surface area contributed by atoms with Gasteiger partial charge < -0.3 is 10.2 Å². The molecule has 1 N–H and O–H groups in total. The summed E-state index contributed by atoms with van der Waals surface area (Å²) in [7, 11) is 3.70. The quantitative estimate of drug-likeness (QED) is 0.685. The highest BCUT2D eigenvalue weighted by Gasteiger charge is 2.07. The summed E-state index contributed by atoms with van der Waals surface area (Å²) in [6.45, 7) is 1.94. The van der Waals surface area contributed by atoms with E-state index in [0.29, 0.717) is 10.6 Å². The van der Waals surface area contributed by atoms with Gasteiger partial charge in [-0.3, -0.25) is 9.79 Å². The van der Waals surface area contributed by atoms with Crippen molar-refractivity contribution < 1.29 is 4.79 Å². The largest absolute Gasteiger partial charge is 0.334 e. The zero-order valence-electron chi connectivity index (χ0n) is 12.8. The molecule has 4 nitrogen and oxygen atoms in total. The fraction of sp³-hybridized carbons (Fsp3) is 0.176. The summed E-state index contributed by atoms with van der Waals surface area (Å²) < 4.78 is 0. The molecule has 114 valence electrons. The van der Waals surface area contributed by atoms with E-state index in [4.69, 9.17) is 11.6 Å². The van der Waals surface area contributed by atoms with Crippen LogP contribution in [0.5, 0.6) is 0 Å². The summed E-state index contributed by atoms with van der Waals surface area (Å²) in [6.07, 6.45) is 0. The zero-order valence-corrected chi connectivity index (χ0v) is 13.6. The van der Waals surface area contributed by atoms with E-state index in [-0.39, 0.29) is 5.91 Å². The number of carbonyl (C=O) groups is 1. The summed E-state index contributed by atoms with van der Waals surface area (Å²) >= 11 is 5.89. The van der Waals surface area contributed by atoms with E-state index in [9.17, 15) is 4.79 Å². The minimum absolute atomic E-state index is 0.185. The molecule has 0 fully saturated rings. The molecule has 0 saturated carbocycles. The van der Waals surface area contributed by atoms with Crippen LogP contribution in [0.25, 0.3) is 0 Å². The molecule has 0 radical (unpaired) electrons. The first-order valence-corrected chi connectivity index (χ1v) is 7.23. The maximum atomic E-state index is 12.1. The maximum Gasteiger partial charge on any atom is 0.255 e. The Balaban J connectivity index is 2.10. The first-order valence-electron chi connectivity index (χ1n) is 6.85. The van der Waals surface area contributed by atoms with Gasteiger partial charge in [0, 0.05) is 36.1 Å². The van der Waals surface area contributed by atoms with Crippen LogP contribution in [0.1, 0.15) is 17.3 Å². The highest BCUT2D eigenvalue weighted by Crippen LogP contribution is 2.18. The first kappa shape index (κ1) is 16.0. The van der Waals surface area contributed by atoms with Crippen LogP contribution in [0.15, 0.2) is 53.5 Å². The number of anilines is 2. The summed E-state index contributed by atoms with van der Waals surface area (Å²) in [5.41, 5.74) is 2.26. The van der Waals surface area contributed by atoms with Crippen LogP contribution in [0.3, 0.4) is 0 Å². The molecular formula is C17H18ClN3O. The molecule has 2 aromatic rings. The van der Waals surface area contributed by atoms with Gasteiger partial charge in [-0.1, -0.05) is 17.7 Å². The molecule has 1 amide bonds. The molecule has 0 aliphatic carbocycles. The van der Waals surface area contributed by atoms with Gasteiger partial charge in [-0.05, 0) is 49.4 Å². The number of amidine groups is 1. The number of hydrogen-bond donors (Lipinski definition) is 1. The molecule has 0 spiro atoms. The number of carbonyl (C=O) groups excluding carboxylic acids is 1. The minimum Gasteiger partial charge on any atom is -0.334 e. The van der Waals surface area contributed by atoms with Crippen LogP contribution in [-0.4, -0.2) is 25.8 Å². The highest BCUT2D eigenvalue weighted by atomic mass is 35.5. The summed E-state index contributed by atoms with van der Waals surface area (Å²) in [6, 6.07) is 14.4. The molecule has 5 heteroatoms. The first-order chi connectivity index (χ1) is 10.5. The third kappa shape index (κ3) is 3.86. The van der Waals surface area contributed by atoms with Crippen LogP contribution in [-0.2, 0) is 0 Å². The Bertz CT molecular complexity index is 695. The number of amides is 1. The van der Waals surface area contributed by atoms with E-state index in [1.165, 1.54) is 0 Å². The predicted octanol–water partition coefficient (Wildman–Crippen LogP) is 4.08. The van der Waals surface area contributed by atoms with Crippen molar-refractivity contribution in [2.24, 2.45) is 4.99 Å². The normalized spacial score (nSPS) is 11.2. The third-order valence-corrected chi connectivity index (χ3v) is 3.64. The van der Waals surface area contributed by atoms with Gasteiger partial charge in [0.05, 0.1) is 5.84 Å². The molecule has 0 saturated heterocycles. The Hall–Kier alpha value is -2.33. The molecule has 0 unspecified atom stereocenters. The van der Waals surface area contributed by atoms with Crippen molar-refractivity contribution in [2.45, 2.75) is 6.92 Å². The van der Waals surface area contributed by atoms with Gasteiger partial charge in [0.2, 0.25) is 0 Å². The van der Waals surface area contributed by atoms with E-state index in [0.717, 1.165) is 17.2 Å². The second kappa shape index (κ2) is 7.09. The van der Waals surface area contributed by atoms with Crippen LogP contribution in [0.4, 0.5) is 11.4 Å². The molecule has 0 atom stereocenters. The van der Waals surface area contributed by atoms with Gasteiger partial charge in [-0.25, -0.2) is 0 Å². The molecular weight excluding hydrogens is 298 g/mol. The standard InChI is InChI=1S/C17H18ClN3O/c1-12(19-2)21(3)16-9-7-15(8-10-16)20-17(22)13-5-4-6-14(18)11-13/h4-11H,1-3H3,(H,20,22). The Labute approximate surface area is 135 Å². The lowest BCUT2D eigenvalue weighted by molar-refractivity contribution is 0.102. The van der Waals surface area contributed by atoms with Gasteiger partial charge in [-0.15, -0.1) is 0 Å². The fourth-order valence-electron chi connectivity index (χ4n) is 1.94. The number of halogens is 1. The van der Waals surface area contributed by atoms with Gasteiger partial charge in [0.15, 0.2) is 0 Å². The lowest BCUT2D eigenvalue weighted by Crippen LogP contribution is -2.23. The van der Waals surface area contributed by atoms with Crippen molar-refractivity contribution in [1.29, 1.82) is 0 Å². The van der Waals surface area contributed by atoms with Crippen molar-refractivity contribution in [2.75, 3.05) is 24.3 Å². The number of nitrogens with one attached hydrogen (secondary N) is 1. The minimum atomic E-state index is -0.185. The van der Waals surface area contributed by atoms with Gasteiger partial charge >= 0.3 is 0 Å². The van der Waals surface area contributed by atoms with E-state index in [1.807, 2.05) is 43.1 Å². The molecule has 0 aliphatic rings. The third-order valence-electron chi connectivity index (χ3n) is 3.41. The number of aliphatic imine (C=N–C) groups is 1. The summed E-state index contributed by atoms with van der Waals surface area (Å²) in [4.78, 5) is 18.3. The van der Waals surface area contributed by atoms with Gasteiger partial charge in [-0.2, -0.15) is 0 Å². The molecule has 0 bridgehead atoms. The Morgan fingerprint density at radius 1 is 1.18 bits per heavy atom. The molecule has 0 aliphatic heterocycles. The fourth-order valence-corrected chi connectivity index (χ4v) is 2.13. The van der Waals surface area contributed by atoms with Crippen LogP contribution in [0, 0.1) is 0 Å².